The molecule has 2 N–H and O–H groups in total. The molecule has 4 heterocycles. The van der Waals surface area contributed by atoms with E-state index in [9.17, 15) is 9.50 Å². The second kappa shape index (κ2) is 9.07. The molecular weight excluding hydrogens is 439 g/mol. The normalized spacial score (nSPS) is 15.4. The molecule has 7 nitrogen and oxygen atoms in total. The SMILES string of the molecule is CCCN1CCC(n2cc(Nc3ncc4sc(C)c(-c5ccc(F)cc5O)c4n3)cn2)CC1. The summed E-state index contributed by atoms with van der Waals surface area (Å²) in [4.78, 5) is 12.7. The number of benzene rings is 1. The van der Waals surface area contributed by atoms with Crippen molar-refractivity contribution >= 4 is 33.2 Å². The Labute approximate surface area is 195 Å². The Hall–Kier alpha value is -3.04. The number of rotatable bonds is 6. The smallest absolute Gasteiger partial charge is 0.227 e. The van der Waals surface area contributed by atoms with Crippen molar-refractivity contribution in [3.63, 3.8) is 0 Å². The van der Waals surface area contributed by atoms with Crippen LogP contribution in [0, 0.1) is 12.7 Å². The molecule has 1 saturated heterocycles. The summed E-state index contributed by atoms with van der Waals surface area (Å²) in [5.41, 5.74) is 2.93. The zero-order valence-electron chi connectivity index (χ0n) is 18.8. The first-order valence-electron chi connectivity index (χ1n) is 11.3. The molecule has 0 amide bonds. The lowest BCUT2D eigenvalue weighted by atomic mass is 10.0. The first-order valence-corrected chi connectivity index (χ1v) is 12.1. The number of aromatic hydroxyl groups is 1. The number of phenolic OH excluding ortho intramolecular Hbond substituents is 1. The number of anilines is 2. The second-order valence-electron chi connectivity index (χ2n) is 8.51. The zero-order valence-corrected chi connectivity index (χ0v) is 19.6. The van der Waals surface area contributed by atoms with Gasteiger partial charge >= 0.3 is 0 Å². The summed E-state index contributed by atoms with van der Waals surface area (Å²) < 4.78 is 16.4. The monoisotopic (exact) mass is 466 g/mol. The van der Waals surface area contributed by atoms with Crippen molar-refractivity contribution in [3.05, 3.63) is 47.5 Å². The van der Waals surface area contributed by atoms with Crippen molar-refractivity contribution < 1.29 is 9.50 Å². The van der Waals surface area contributed by atoms with Gasteiger partial charge in [0, 0.05) is 41.4 Å². The van der Waals surface area contributed by atoms with Gasteiger partial charge in [0.1, 0.15) is 11.6 Å². The topological polar surface area (TPSA) is 79.1 Å². The lowest BCUT2D eigenvalue weighted by Gasteiger charge is -2.31. The van der Waals surface area contributed by atoms with Crippen LogP contribution in [0.3, 0.4) is 0 Å². The predicted molar refractivity (Wildman–Crippen MR) is 130 cm³/mol. The molecule has 0 atom stereocenters. The highest BCUT2D eigenvalue weighted by Gasteiger charge is 2.21. The molecule has 5 rings (SSSR count). The average molecular weight is 467 g/mol. The van der Waals surface area contributed by atoms with Gasteiger partial charge in [0.05, 0.1) is 34.3 Å². The fourth-order valence-electron chi connectivity index (χ4n) is 4.56. The lowest BCUT2D eigenvalue weighted by Crippen LogP contribution is -2.35. The molecular formula is C24H27FN6OS. The van der Waals surface area contributed by atoms with Gasteiger partial charge in [-0.2, -0.15) is 5.10 Å². The van der Waals surface area contributed by atoms with Gasteiger partial charge in [-0.05, 0) is 44.9 Å². The van der Waals surface area contributed by atoms with Gasteiger partial charge in [0.15, 0.2) is 0 Å². The fourth-order valence-corrected chi connectivity index (χ4v) is 5.54. The van der Waals surface area contributed by atoms with Crippen LogP contribution in [0.25, 0.3) is 21.3 Å². The summed E-state index contributed by atoms with van der Waals surface area (Å²) in [6.45, 7) is 7.57. The summed E-state index contributed by atoms with van der Waals surface area (Å²) in [6, 6.07) is 4.47. The van der Waals surface area contributed by atoms with Gasteiger partial charge < -0.3 is 15.3 Å². The van der Waals surface area contributed by atoms with E-state index >= 15 is 0 Å². The van der Waals surface area contributed by atoms with E-state index < -0.39 is 5.82 Å². The number of aryl methyl sites for hydroxylation is 1. The van der Waals surface area contributed by atoms with Crippen LogP contribution in [0.4, 0.5) is 16.0 Å². The van der Waals surface area contributed by atoms with Crippen LogP contribution in [0.15, 0.2) is 36.8 Å². The minimum atomic E-state index is -0.474. The molecule has 9 heteroatoms. The van der Waals surface area contributed by atoms with Crippen molar-refractivity contribution in [3.8, 4) is 16.9 Å². The molecule has 1 aliphatic rings. The molecule has 1 aliphatic heterocycles. The van der Waals surface area contributed by atoms with E-state index in [1.807, 2.05) is 17.8 Å². The van der Waals surface area contributed by atoms with Gasteiger partial charge in [-0.15, -0.1) is 11.3 Å². The van der Waals surface area contributed by atoms with Crippen LogP contribution in [0.5, 0.6) is 5.75 Å². The maximum atomic E-state index is 13.5. The molecule has 0 spiro atoms. The number of thiophene rings is 1. The molecule has 172 valence electrons. The van der Waals surface area contributed by atoms with Gasteiger partial charge in [0.2, 0.25) is 5.95 Å². The van der Waals surface area contributed by atoms with Crippen LogP contribution in [-0.2, 0) is 0 Å². The summed E-state index contributed by atoms with van der Waals surface area (Å²) >= 11 is 1.55. The fraction of sp³-hybridized carbons (Fsp3) is 0.375. The van der Waals surface area contributed by atoms with E-state index in [-0.39, 0.29) is 5.75 Å². The molecule has 0 saturated carbocycles. The largest absolute Gasteiger partial charge is 0.507 e. The van der Waals surface area contributed by atoms with Crippen molar-refractivity contribution in [2.45, 2.75) is 39.2 Å². The van der Waals surface area contributed by atoms with Crippen LogP contribution in [0.2, 0.25) is 0 Å². The van der Waals surface area contributed by atoms with E-state index in [4.69, 9.17) is 4.98 Å². The predicted octanol–water partition coefficient (Wildman–Crippen LogP) is 5.50. The number of piperidine rings is 1. The molecule has 0 bridgehead atoms. The Kier molecular flexibility index (Phi) is 5.99. The first-order chi connectivity index (χ1) is 16.0. The molecule has 33 heavy (non-hydrogen) atoms. The highest BCUT2D eigenvalue weighted by molar-refractivity contribution is 7.19. The van der Waals surface area contributed by atoms with E-state index in [2.05, 4.69) is 27.2 Å². The third-order valence-corrected chi connectivity index (χ3v) is 7.19. The molecule has 1 fully saturated rings. The quantitative estimate of drug-likeness (QED) is 0.391. The Morgan fingerprint density at radius 2 is 2.06 bits per heavy atom. The Morgan fingerprint density at radius 3 is 2.82 bits per heavy atom. The second-order valence-corrected chi connectivity index (χ2v) is 9.76. The number of aromatic nitrogens is 4. The number of nitrogens with zero attached hydrogens (tertiary/aromatic N) is 5. The van der Waals surface area contributed by atoms with Crippen LogP contribution < -0.4 is 5.32 Å². The van der Waals surface area contributed by atoms with Crippen LogP contribution >= 0.6 is 11.3 Å². The number of hydrogen-bond donors (Lipinski definition) is 2. The highest BCUT2D eigenvalue weighted by atomic mass is 32.1. The molecule has 0 radical (unpaired) electrons. The van der Waals surface area contributed by atoms with E-state index in [1.165, 1.54) is 12.5 Å². The summed E-state index contributed by atoms with van der Waals surface area (Å²) in [6.07, 6.45) is 8.98. The van der Waals surface area contributed by atoms with Gasteiger partial charge in [0.25, 0.3) is 0 Å². The maximum absolute atomic E-state index is 13.5. The number of phenols is 1. The summed E-state index contributed by atoms with van der Waals surface area (Å²) in [5.74, 6) is -0.115. The number of hydrogen-bond acceptors (Lipinski definition) is 7. The van der Waals surface area contributed by atoms with Gasteiger partial charge in [-0.3, -0.25) is 4.68 Å². The van der Waals surface area contributed by atoms with E-state index in [0.29, 0.717) is 17.6 Å². The van der Waals surface area contributed by atoms with E-state index in [1.54, 1.807) is 29.8 Å². The number of nitrogens with one attached hydrogen (secondary N) is 1. The van der Waals surface area contributed by atoms with Gasteiger partial charge in [-0.1, -0.05) is 6.92 Å². The minimum absolute atomic E-state index is 0.0998. The van der Waals surface area contributed by atoms with Crippen LogP contribution in [-0.4, -0.2) is 49.4 Å². The third kappa shape index (κ3) is 4.43. The first kappa shape index (κ1) is 21.8. The number of halogens is 1. The highest BCUT2D eigenvalue weighted by Crippen LogP contribution is 2.41. The average Bonchev–Trinajstić information content (AvgIpc) is 3.39. The molecule has 1 aromatic carbocycles. The standard InChI is InChI=1S/C24H27FN6OS/c1-3-8-30-9-6-18(7-10-30)31-14-17(12-27-31)28-24-26-13-21-23(29-24)22(15(2)33-21)19-5-4-16(25)11-20(19)32/h4-5,11-14,18,32H,3,6-10H2,1-2H3,(H,26,28,29). The van der Waals surface area contributed by atoms with Crippen molar-refractivity contribution in [1.29, 1.82) is 0 Å². The Morgan fingerprint density at radius 1 is 1.24 bits per heavy atom. The molecule has 0 aliphatic carbocycles. The Bertz CT molecular complexity index is 1280. The van der Waals surface area contributed by atoms with E-state index in [0.717, 1.165) is 64.9 Å². The Balaban J connectivity index is 1.37. The third-order valence-electron chi connectivity index (χ3n) is 6.16. The lowest BCUT2D eigenvalue weighted by molar-refractivity contribution is 0.180. The maximum Gasteiger partial charge on any atom is 0.227 e. The van der Waals surface area contributed by atoms with Gasteiger partial charge in [-0.25, -0.2) is 14.4 Å². The summed E-state index contributed by atoms with van der Waals surface area (Å²) in [5, 5.41) is 18.2. The van der Waals surface area contributed by atoms with Crippen molar-refractivity contribution in [2.75, 3.05) is 25.0 Å². The molecule has 3 aromatic heterocycles. The zero-order chi connectivity index (χ0) is 22.9. The molecule has 0 unspecified atom stereocenters. The van der Waals surface area contributed by atoms with Crippen molar-refractivity contribution in [2.24, 2.45) is 0 Å². The molecule has 4 aromatic rings. The number of likely N-dealkylation sites (tertiary alicyclic amines) is 1. The minimum Gasteiger partial charge on any atom is -0.507 e. The summed E-state index contributed by atoms with van der Waals surface area (Å²) in [7, 11) is 0. The van der Waals surface area contributed by atoms with Crippen molar-refractivity contribution in [1.82, 2.24) is 24.6 Å². The van der Waals surface area contributed by atoms with Crippen LogP contribution in [0.1, 0.15) is 37.1 Å². The number of fused-ring (bicyclic) bond motifs is 1.